The van der Waals surface area contributed by atoms with Crippen LogP contribution in [0.1, 0.15) is 17.3 Å². The van der Waals surface area contributed by atoms with E-state index in [0.29, 0.717) is 12.6 Å². The van der Waals surface area contributed by atoms with E-state index in [1.807, 2.05) is 0 Å². The van der Waals surface area contributed by atoms with E-state index in [9.17, 15) is 19.3 Å². The Morgan fingerprint density at radius 1 is 1.59 bits per heavy atom. The zero-order valence-electron chi connectivity index (χ0n) is 9.31. The smallest absolute Gasteiger partial charge is 0.338 e. The van der Waals surface area contributed by atoms with Crippen molar-refractivity contribution in [3.63, 3.8) is 0 Å². The van der Waals surface area contributed by atoms with Crippen LogP contribution < -0.4 is 4.90 Å². The van der Waals surface area contributed by atoms with Gasteiger partial charge in [0.1, 0.15) is 11.5 Å². The molecule has 0 aliphatic heterocycles. The second-order valence-corrected chi connectivity index (χ2v) is 3.40. The van der Waals surface area contributed by atoms with Crippen LogP contribution in [-0.4, -0.2) is 29.6 Å². The Morgan fingerprint density at radius 2 is 2.18 bits per heavy atom. The van der Waals surface area contributed by atoms with Crippen LogP contribution in [0.25, 0.3) is 0 Å². The van der Waals surface area contributed by atoms with Crippen LogP contribution in [0.4, 0.5) is 15.8 Å². The minimum absolute atomic E-state index is 0.0799. The van der Waals surface area contributed by atoms with Gasteiger partial charge in [-0.1, -0.05) is 0 Å². The van der Waals surface area contributed by atoms with Crippen LogP contribution in [0.15, 0.2) is 12.1 Å². The van der Waals surface area contributed by atoms with Crippen molar-refractivity contribution in [2.24, 2.45) is 0 Å². The summed E-state index contributed by atoms with van der Waals surface area (Å²) in [4.78, 5) is 22.2. The van der Waals surface area contributed by atoms with Crippen LogP contribution in [0.5, 0.6) is 0 Å². The lowest BCUT2D eigenvalue weighted by Crippen LogP contribution is -2.18. The fourth-order valence-corrected chi connectivity index (χ4v) is 1.34. The van der Waals surface area contributed by atoms with Gasteiger partial charge >= 0.3 is 5.97 Å². The number of nitrogens with zero attached hydrogens (tertiary/aromatic N) is 2. The Bertz CT molecular complexity index is 476. The van der Waals surface area contributed by atoms with Gasteiger partial charge in [-0.25, -0.2) is 9.18 Å². The maximum Gasteiger partial charge on any atom is 0.338 e. The van der Waals surface area contributed by atoms with E-state index in [1.165, 1.54) is 4.90 Å². The maximum absolute atomic E-state index is 13.3. The second-order valence-electron chi connectivity index (χ2n) is 3.40. The van der Waals surface area contributed by atoms with Crippen LogP contribution >= 0.6 is 0 Å². The molecule has 1 aromatic rings. The molecule has 0 aliphatic carbocycles. The lowest BCUT2D eigenvalue weighted by Gasteiger charge is -2.17. The molecule has 0 atom stereocenters. The van der Waals surface area contributed by atoms with Crippen molar-refractivity contribution in [1.29, 1.82) is 0 Å². The molecule has 0 aromatic heterocycles. The first-order chi connectivity index (χ1) is 7.88. The number of hydrogen-bond acceptors (Lipinski definition) is 4. The molecule has 0 heterocycles. The predicted molar refractivity (Wildman–Crippen MR) is 59.0 cm³/mol. The minimum Gasteiger partial charge on any atom is -0.478 e. The number of carboxylic acids is 1. The van der Waals surface area contributed by atoms with Crippen molar-refractivity contribution in [2.45, 2.75) is 6.92 Å². The highest BCUT2D eigenvalue weighted by molar-refractivity contribution is 5.90. The van der Waals surface area contributed by atoms with Gasteiger partial charge in [-0.15, -0.1) is 0 Å². The first-order valence-corrected chi connectivity index (χ1v) is 4.80. The summed E-state index contributed by atoms with van der Waals surface area (Å²) >= 11 is 0. The Morgan fingerprint density at radius 3 is 2.59 bits per heavy atom. The lowest BCUT2D eigenvalue weighted by molar-refractivity contribution is -0.384. The number of halogens is 1. The molecule has 0 unspecified atom stereocenters. The number of carbonyl (C=O) groups is 1. The van der Waals surface area contributed by atoms with Crippen molar-refractivity contribution in [3.8, 4) is 0 Å². The molecule has 0 radical (unpaired) electrons. The van der Waals surface area contributed by atoms with Gasteiger partial charge in [-0.05, 0) is 13.0 Å². The van der Waals surface area contributed by atoms with Gasteiger partial charge in [0.25, 0.3) is 5.69 Å². The fourth-order valence-electron chi connectivity index (χ4n) is 1.34. The molecule has 0 spiro atoms. The summed E-state index contributed by atoms with van der Waals surface area (Å²) in [6, 6.07) is 1.60. The third-order valence-electron chi connectivity index (χ3n) is 2.38. The van der Waals surface area contributed by atoms with Crippen LogP contribution in [0.3, 0.4) is 0 Å². The van der Waals surface area contributed by atoms with E-state index >= 15 is 0 Å². The first kappa shape index (κ1) is 12.9. The molecule has 1 rings (SSSR count). The van der Waals surface area contributed by atoms with Gasteiger partial charge in [0.2, 0.25) is 0 Å². The van der Waals surface area contributed by atoms with E-state index in [1.54, 1.807) is 14.0 Å². The maximum atomic E-state index is 13.3. The van der Waals surface area contributed by atoms with Crippen molar-refractivity contribution in [2.75, 3.05) is 18.5 Å². The van der Waals surface area contributed by atoms with Gasteiger partial charge in [-0.2, -0.15) is 0 Å². The van der Waals surface area contributed by atoms with E-state index in [0.717, 1.165) is 6.07 Å². The van der Waals surface area contributed by atoms with Gasteiger partial charge in [-0.3, -0.25) is 10.1 Å². The van der Waals surface area contributed by atoms with Crippen molar-refractivity contribution >= 4 is 17.3 Å². The molecule has 17 heavy (non-hydrogen) atoms. The molecule has 0 aliphatic rings. The molecule has 1 N–H and O–H groups in total. The summed E-state index contributed by atoms with van der Waals surface area (Å²) < 4.78 is 13.3. The molecule has 1 aromatic carbocycles. The average molecular weight is 242 g/mol. The molecule has 0 saturated heterocycles. The highest BCUT2D eigenvalue weighted by atomic mass is 19.1. The van der Waals surface area contributed by atoms with Crippen LogP contribution in [-0.2, 0) is 0 Å². The third-order valence-corrected chi connectivity index (χ3v) is 2.38. The number of aromatic carboxylic acids is 1. The number of nitro benzene ring substituents is 1. The van der Waals surface area contributed by atoms with Crippen molar-refractivity contribution in [1.82, 2.24) is 0 Å². The lowest BCUT2D eigenvalue weighted by atomic mass is 10.1. The van der Waals surface area contributed by atoms with Crippen LogP contribution in [0.2, 0.25) is 0 Å². The largest absolute Gasteiger partial charge is 0.478 e. The van der Waals surface area contributed by atoms with E-state index < -0.39 is 28.0 Å². The normalized spacial score (nSPS) is 10.1. The zero-order chi connectivity index (χ0) is 13.2. The predicted octanol–water partition coefficient (Wildman–Crippen LogP) is 1.89. The molecular formula is C10H11FN2O4. The quantitative estimate of drug-likeness (QED) is 0.643. The molecule has 0 amide bonds. The summed E-state index contributed by atoms with van der Waals surface area (Å²) in [5, 5.41) is 19.5. The second kappa shape index (κ2) is 4.77. The first-order valence-electron chi connectivity index (χ1n) is 4.80. The average Bonchev–Trinajstić information content (AvgIpc) is 2.26. The van der Waals surface area contributed by atoms with Crippen molar-refractivity contribution in [3.05, 3.63) is 33.6 Å². The Hall–Kier alpha value is -2.18. The number of nitro groups is 1. The van der Waals surface area contributed by atoms with E-state index in [4.69, 9.17) is 5.11 Å². The fraction of sp³-hybridized carbons (Fsp3) is 0.300. The molecule has 0 bridgehead atoms. The highest BCUT2D eigenvalue weighted by Gasteiger charge is 2.23. The molecule has 7 heteroatoms. The molecule has 0 saturated carbocycles. The summed E-state index contributed by atoms with van der Waals surface area (Å²) in [5.41, 5.74) is -0.945. The standard InChI is InChI=1S/C10H11FN2O4/c1-3-12(2)8-4-6(10(14)15)7(11)5-9(8)13(16)17/h4-5H,3H2,1-2H3,(H,14,15). The van der Waals surface area contributed by atoms with E-state index in [-0.39, 0.29) is 5.69 Å². The molecule has 6 nitrogen and oxygen atoms in total. The molecule has 0 fully saturated rings. The number of hydrogen-bond donors (Lipinski definition) is 1. The van der Waals surface area contributed by atoms with Gasteiger partial charge in [0.05, 0.1) is 16.6 Å². The molecular weight excluding hydrogens is 231 g/mol. The van der Waals surface area contributed by atoms with Crippen molar-refractivity contribution < 1.29 is 19.2 Å². The number of rotatable bonds is 4. The minimum atomic E-state index is -1.46. The van der Waals surface area contributed by atoms with Gasteiger partial charge in [0.15, 0.2) is 0 Å². The monoisotopic (exact) mass is 242 g/mol. The Kier molecular flexibility index (Phi) is 3.62. The SMILES string of the molecule is CCN(C)c1cc(C(=O)O)c(F)cc1[N+](=O)[O-]. The van der Waals surface area contributed by atoms with E-state index in [2.05, 4.69) is 0 Å². The molecule has 92 valence electrons. The Labute approximate surface area is 96.4 Å². The summed E-state index contributed by atoms with van der Waals surface area (Å²) in [6.07, 6.45) is 0. The number of carboxylic acid groups (broad SMARTS) is 1. The number of anilines is 1. The summed E-state index contributed by atoms with van der Waals surface area (Å²) in [6.45, 7) is 2.18. The van der Waals surface area contributed by atoms with Gasteiger partial charge < -0.3 is 10.0 Å². The third kappa shape index (κ3) is 2.49. The highest BCUT2D eigenvalue weighted by Crippen LogP contribution is 2.30. The van der Waals surface area contributed by atoms with Crippen LogP contribution in [0, 0.1) is 15.9 Å². The summed E-state index contributed by atoms with van der Waals surface area (Å²) in [5.74, 6) is -2.57. The summed E-state index contributed by atoms with van der Waals surface area (Å²) in [7, 11) is 1.56. The zero-order valence-corrected chi connectivity index (χ0v) is 9.31. The topological polar surface area (TPSA) is 83.7 Å². The van der Waals surface area contributed by atoms with Gasteiger partial charge in [0, 0.05) is 13.6 Å². The Balaban J connectivity index is 3.47. The number of benzene rings is 1.